The van der Waals surface area contributed by atoms with Gasteiger partial charge in [0.25, 0.3) is 0 Å². The fourth-order valence-electron chi connectivity index (χ4n) is 3.04. The van der Waals surface area contributed by atoms with Crippen molar-refractivity contribution >= 4 is 0 Å². The molecule has 2 rings (SSSR count). The molecule has 2 heterocycles. The van der Waals surface area contributed by atoms with Crippen molar-refractivity contribution < 1.29 is 4.74 Å². The van der Waals surface area contributed by atoms with Crippen LogP contribution in [-0.2, 0) is 4.74 Å². The number of hydrogen-bond acceptors (Lipinski definition) is 3. The van der Waals surface area contributed by atoms with Gasteiger partial charge in [-0.1, -0.05) is 41.5 Å². The normalized spacial score (nSPS) is 22.0. The predicted molar refractivity (Wildman–Crippen MR) is 91.8 cm³/mol. The second-order valence-corrected chi connectivity index (χ2v) is 8.99. The Kier molecular flexibility index (Phi) is 7.66. The van der Waals surface area contributed by atoms with E-state index in [4.69, 9.17) is 4.74 Å². The van der Waals surface area contributed by atoms with Crippen LogP contribution in [0, 0.1) is 10.8 Å². The zero-order valence-electron chi connectivity index (χ0n) is 15.4. The van der Waals surface area contributed by atoms with E-state index in [0.29, 0.717) is 10.8 Å². The lowest BCUT2D eigenvalue weighted by Gasteiger charge is -2.32. The van der Waals surface area contributed by atoms with E-state index in [9.17, 15) is 0 Å². The summed E-state index contributed by atoms with van der Waals surface area (Å²) in [4.78, 5) is 5.05. The van der Waals surface area contributed by atoms with Crippen molar-refractivity contribution in [2.45, 2.75) is 54.4 Å². The molecule has 0 atom stereocenters. The second kappa shape index (κ2) is 8.50. The number of ether oxygens (including phenoxy) is 1. The third kappa shape index (κ3) is 10.3. The van der Waals surface area contributed by atoms with Crippen molar-refractivity contribution in [1.29, 1.82) is 0 Å². The summed E-state index contributed by atoms with van der Waals surface area (Å²) in [6.07, 6.45) is 2.83. The van der Waals surface area contributed by atoms with E-state index in [-0.39, 0.29) is 0 Å². The van der Waals surface area contributed by atoms with Gasteiger partial charge in [0.1, 0.15) is 0 Å². The first-order valence-electron chi connectivity index (χ1n) is 8.68. The van der Waals surface area contributed by atoms with Crippen LogP contribution in [0.3, 0.4) is 0 Å². The maximum Gasteiger partial charge on any atom is 0.0594 e. The molecule has 3 heteroatoms. The maximum atomic E-state index is 5.27. The summed E-state index contributed by atoms with van der Waals surface area (Å²) in [5.41, 5.74) is 0.918. The molecular formula is C18H38N2O. The van der Waals surface area contributed by atoms with Crippen LogP contribution in [0.2, 0.25) is 0 Å². The summed E-state index contributed by atoms with van der Waals surface area (Å²) in [7, 11) is 0. The molecule has 126 valence electrons. The Labute approximate surface area is 133 Å². The minimum absolute atomic E-state index is 0.428. The molecule has 2 aliphatic rings. The van der Waals surface area contributed by atoms with Crippen molar-refractivity contribution in [1.82, 2.24) is 9.80 Å². The van der Waals surface area contributed by atoms with Crippen molar-refractivity contribution in [3.8, 4) is 0 Å². The number of nitrogens with zero attached hydrogens (tertiary/aromatic N) is 2. The molecule has 0 aliphatic carbocycles. The van der Waals surface area contributed by atoms with Crippen molar-refractivity contribution in [3.05, 3.63) is 0 Å². The van der Waals surface area contributed by atoms with E-state index in [1.807, 2.05) is 0 Å². The molecular weight excluding hydrogens is 260 g/mol. The van der Waals surface area contributed by atoms with Gasteiger partial charge in [-0.2, -0.15) is 0 Å². The Balaban J connectivity index is 0.000000211. The fraction of sp³-hybridized carbons (Fsp3) is 1.00. The molecule has 0 bridgehead atoms. The molecule has 0 unspecified atom stereocenters. The van der Waals surface area contributed by atoms with Crippen LogP contribution >= 0.6 is 0 Å². The van der Waals surface area contributed by atoms with Gasteiger partial charge in [0.2, 0.25) is 0 Å². The van der Waals surface area contributed by atoms with Crippen molar-refractivity contribution in [2.75, 3.05) is 52.5 Å². The summed E-state index contributed by atoms with van der Waals surface area (Å²) in [5, 5.41) is 0. The lowest BCUT2D eigenvalue weighted by Crippen LogP contribution is -2.41. The van der Waals surface area contributed by atoms with Crippen molar-refractivity contribution in [3.63, 3.8) is 0 Å². The molecule has 0 aromatic carbocycles. The molecule has 0 spiro atoms. The molecule has 3 nitrogen and oxygen atoms in total. The molecule has 0 aromatic rings. The monoisotopic (exact) mass is 298 g/mol. The van der Waals surface area contributed by atoms with Gasteiger partial charge in [-0.25, -0.2) is 0 Å². The summed E-state index contributed by atoms with van der Waals surface area (Å²) in [6.45, 7) is 22.9. The molecule has 0 amide bonds. The highest BCUT2D eigenvalue weighted by molar-refractivity contribution is 4.73. The highest BCUT2D eigenvalue weighted by Gasteiger charge is 2.19. The van der Waals surface area contributed by atoms with E-state index in [0.717, 1.165) is 26.3 Å². The lowest BCUT2D eigenvalue weighted by molar-refractivity contribution is 0.0236. The van der Waals surface area contributed by atoms with Crippen molar-refractivity contribution in [2.24, 2.45) is 10.8 Å². The van der Waals surface area contributed by atoms with E-state index < -0.39 is 0 Å². The van der Waals surface area contributed by atoms with E-state index >= 15 is 0 Å². The zero-order valence-corrected chi connectivity index (χ0v) is 15.4. The predicted octanol–water partition coefficient (Wildman–Crippen LogP) is 3.49. The molecule has 0 aromatic heterocycles. The van der Waals surface area contributed by atoms with Crippen LogP contribution < -0.4 is 0 Å². The van der Waals surface area contributed by atoms with E-state index in [2.05, 4.69) is 51.3 Å². The Morgan fingerprint density at radius 2 is 1.05 bits per heavy atom. The number of likely N-dealkylation sites (tertiary alicyclic amines) is 1. The van der Waals surface area contributed by atoms with Crippen LogP contribution in [0.15, 0.2) is 0 Å². The highest BCUT2D eigenvalue weighted by Crippen LogP contribution is 2.18. The van der Waals surface area contributed by atoms with Crippen LogP contribution in [-0.4, -0.2) is 62.3 Å². The number of rotatable bonds is 2. The largest absolute Gasteiger partial charge is 0.379 e. The van der Waals surface area contributed by atoms with Crippen LogP contribution in [0.25, 0.3) is 0 Å². The average Bonchev–Trinajstić information content (AvgIpc) is 2.79. The third-order valence-electron chi connectivity index (χ3n) is 3.70. The minimum Gasteiger partial charge on any atom is -0.379 e. The van der Waals surface area contributed by atoms with Gasteiger partial charge in [0.15, 0.2) is 0 Å². The first-order chi connectivity index (χ1) is 9.66. The molecule has 2 aliphatic heterocycles. The molecule has 2 saturated heterocycles. The smallest absolute Gasteiger partial charge is 0.0594 e. The van der Waals surface area contributed by atoms with Crippen LogP contribution in [0.4, 0.5) is 0 Å². The fourth-order valence-corrected chi connectivity index (χ4v) is 3.04. The number of morpholine rings is 1. The van der Waals surface area contributed by atoms with Gasteiger partial charge < -0.3 is 9.64 Å². The van der Waals surface area contributed by atoms with Crippen LogP contribution in [0.5, 0.6) is 0 Å². The van der Waals surface area contributed by atoms with Gasteiger partial charge in [-0.05, 0) is 36.8 Å². The molecule has 0 radical (unpaired) electrons. The maximum absolute atomic E-state index is 5.27. The molecule has 21 heavy (non-hydrogen) atoms. The standard InChI is InChI=1S/C9H19NO.C9H19N/c1-9(2,3)8-10-4-6-11-7-5-10;1-9(2,3)8-10-6-4-5-7-10/h4-8H2,1-3H3;4-8H2,1-3H3. The van der Waals surface area contributed by atoms with Gasteiger partial charge in [0, 0.05) is 26.2 Å². The van der Waals surface area contributed by atoms with Gasteiger partial charge in [-0.3, -0.25) is 4.90 Å². The first kappa shape index (κ1) is 18.9. The Hall–Kier alpha value is -0.120. The molecule has 0 N–H and O–H groups in total. The minimum atomic E-state index is 0.428. The zero-order chi connectivity index (χ0) is 15.9. The number of hydrogen-bond donors (Lipinski definition) is 0. The molecule has 2 fully saturated rings. The van der Waals surface area contributed by atoms with E-state index in [1.54, 1.807) is 0 Å². The molecule has 0 saturated carbocycles. The highest BCUT2D eigenvalue weighted by atomic mass is 16.5. The summed E-state index contributed by atoms with van der Waals surface area (Å²) < 4.78 is 5.27. The third-order valence-corrected chi connectivity index (χ3v) is 3.70. The lowest BCUT2D eigenvalue weighted by atomic mass is 9.96. The topological polar surface area (TPSA) is 15.7 Å². The SMILES string of the molecule is CC(C)(C)CN1CCCC1.CC(C)(C)CN1CCOCC1. The average molecular weight is 299 g/mol. The summed E-state index contributed by atoms with van der Waals surface area (Å²) in [6, 6.07) is 0. The van der Waals surface area contributed by atoms with Gasteiger partial charge in [-0.15, -0.1) is 0 Å². The second-order valence-electron chi connectivity index (χ2n) is 8.99. The summed E-state index contributed by atoms with van der Waals surface area (Å²) >= 11 is 0. The quantitative estimate of drug-likeness (QED) is 0.776. The Morgan fingerprint density at radius 1 is 0.667 bits per heavy atom. The van der Waals surface area contributed by atoms with Gasteiger partial charge >= 0.3 is 0 Å². The van der Waals surface area contributed by atoms with E-state index in [1.165, 1.54) is 39.0 Å². The first-order valence-corrected chi connectivity index (χ1v) is 8.68. The van der Waals surface area contributed by atoms with Gasteiger partial charge in [0.05, 0.1) is 13.2 Å². The Morgan fingerprint density at radius 3 is 1.43 bits per heavy atom. The summed E-state index contributed by atoms with van der Waals surface area (Å²) in [5.74, 6) is 0. The van der Waals surface area contributed by atoms with Crippen LogP contribution in [0.1, 0.15) is 54.4 Å². The Bertz CT molecular complexity index is 266.